The van der Waals surface area contributed by atoms with Crippen molar-refractivity contribution in [3.8, 4) is 0 Å². The lowest BCUT2D eigenvalue weighted by Gasteiger charge is -2.05. The van der Waals surface area contributed by atoms with Crippen molar-refractivity contribution in [2.75, 3.05) is 0 Å². The van der Waals surface area contributed by atoms with Gasteiger partial charge in [0.15, 0.2) is 0 Å². The van der Waals surface area contributed by atoms with Crippen LogP contribution in [-0.4, -0.2) is 21.8 Å². The molecule has 4 nitrogen and oxygen atoms in total. The van der Waals surface area contributed by atoms with Crippen LogP contribution in [-0.2, 0) is 6.54 Å². The molecule has 1 rings (SSSR count). The van der Waals surface area contributed by atoms with E-state index >= 15 is 0 Å². The Labute approximate surface area is 84.4 Å². The molecule has 1 aromatic heterocycles. The average molecular weight is 220 g/mol. The first-order valence-electron chi connectivity index (χ1n) is 4.25. The standard InChI is InChI=1S/C8H11F3N4/c1-5-6(7(12)13)4-15(14-5)3-2-8(9,10)11/h4H,2-3H2,1H3,(H3,12,13). The Morgan fingerprint density at radius 2 is 2.20 bits per heavy atom. The first kappa shape index (κ1) is 11.5. The number of halogens is 3. The second-order valence-electron chi connectivity index (χ2n) is 3.17. The summed E-state index contributed by atoms with van der Waals surface area (Å²) in [5.74, 6) is -0.189. The van der Waals surface area contributed by atoms with Crippen LogP contribution >= 0.6 is 0 Å². The number of alkyl halides is 3. The summed E-state index contributed by atoms with van der Waals surface area (Å²) in [6.07, 6.45) is -3.79. The molecule has 0 bridgehead atoms. The van der Waals surface area contributed by atoms with Crippen molar-refractivity contribution in [1.82, 2.24) is 9.78 Å². The molecule has 84 valence electrons. The van der Waals surface area contributed by atoms with Crippen molar-refractivity contribution in [2.45, 2.75) is 26.1 Å². The van der Waals surface area contributed by atoms with Gasteiger partial charge in [-0.15, -0.1) is 0 Å². The SMILES string of the molecule is Cc1nn(CCC(F)(F)F)cc1C(=N)N. The van der Waals surface area contributed by atoms with Gasteiger partial charge in [-0.1, -0.05) is 0 Å². The van der Waals surface area contributed by atoms with E-state index < -0.39 is 12.6 Å². The van der Waals surface area contributed by atoms with Gasteiger partial charge in [0.25, 0.3) is 0 Å². The highest BCUT2D eigenvalue weighted by atomic mass is 19.4. The van der Waals surface area contributed by atoms with Crippen LogP contribution in [0.25, 0.3) is 0 Å². The summed E-state index contributed by atoms with van der Waals surface area (Å²) in [6.45, 7) is 1.35. The van der Waals surface area contributed by atoms with Gasteiger partial charge in [0.05, 0.1) is 17.7 Å². The minimum atomic E-state index is -4.20. The predicted molar refractivity (Wildman–Crippen MR) is 48.7 cm³/mol. The Morgan fingerprint density at radius 3 is 2.60 bits per heavy atom. The Kier molecular flexibility index (Phi) is 3.01. The summed E-state index contributed by atoms with van der Waals surface area (Å²) in [6, 6.07) is 0. The summed E-state index contributed by atoms with van der Waals surface area (Å²) in [7, 11) is 0. The van der Waals surface area contributed by atoms with E-state index in [4.69, 9.17) is 11.1 Å². The van der Waals surface area contributed by atoms with Crippen LogP contribution < -0.4 is 5.73 Å². The molecule has 1 aromatic rings. The van der Waals surface area contributed by atoms with Crippen molar-refractivity contribution < 1.29 is 13.2 Å². The number of aromatic nitrogens is 2. The van der Waals surface area contributed by atoms with Crippen molar-refractivity contribution in [2.24, 2.45) is 5.73 Å². The van der Waals surface area contributed by atoms with E-state index in [1.54, 1.807) is 6.92 Å². The summed E-state index contributed by atoms with van der Waals surface area (Å²) in [5, 5.41) is 11.0. The van der Waals surface area contributed by atoms with E-state index in [-0.39, 0.29) is 12.4 Å². The molecule has 0 radical (unpaired) electrons. The van der Waals surface area contributed by atoms with Crippen molar-refractivity contribution in [3.05, 3.63) is 17.5 Å². The molecule has 0 aliphatic rings. The second kappa shape index (κ2) is 3.92. The highest BCUT2D eigenvalue weighted by Gasteiger charge is 2.26. The van der Waals surface area contributed by atoms with E-state index in [0.29, 0.717) is 11.3 Å². The zero-order valence-electron chi connectivity index (χ0n) is 8.10. The van der Waals surface area contributed by atoms with Crippen LogP contribution in [0.3, 0.4) is 0 Å². The van der Waals surface area contributed by atoms with Gasteiger partial charge in [-0.2, -0.15) is 18.3 Å². The van der Waals surface area contributed by atoms with Crippen LogP contribution in [0.2, 0.25) is 0 Å². The molecular formula is C8H11F3N4. The first-order valence-corrected chi connectivity index (χ1v) is 4.25. The molecule has 7 heteroatoms. The number of hydrogen-bond donors (Lipinski definition) is 2. The topological polar surface area (TPSA) is 67.7 Å². The monoisotopic (exact) mass is 220 g/mol. The van der Waals surface area contributed by atoms with Crippen molar-refractivity contribution in [1.29, 1.82) is 5.41 Å². The number of nitrogens with one attached hydrogen (secondary N) is 1. The second-order valence-corrected chi connectivity index (χ2v) is 3.17. The van der Waals surface area contributed by atoms with Crippen LogP contribution in [0.5, 0.6) is 0 Å². The van der Waals surface area contributed by atoms with Gasteiger partial charge in [0, 0.05) is 12.7 Å². The third kappa shape index (κ3) is 3.26. The summed E-state index contributed by atoms with van der Waals surface area (Å²) < 4.78 is 36.8. The fraction of sp³-hybridized carbons (Fsp3) is 0.500. The largest absolute Gasteiger partial charge is 0.390 e. The van der Waals surface area contributed by atoms with Crippen molar-refractivity contribution >= 4 is 5.84 Å². The third-order valence-electron chi connectivity index (χ3n) is 1.86. The molecule has 0 aromatic carbocycles. The molecule has 0 aliphatic carbocycles. The number of amidine groups is 1. The maximum Gasteiger partial charge on any atom is 0.390 e. The molecule has 3 N–H and O–H groups in total. The fourth-order valence-electron chi connectivity index (χ4n) is 1.14. The lowest BCUT2D eigenvalue weighted by Crippen LogP contribution is -2.13. The zero-order valence-corrected chi connectivity index (χ0v) is 8.10. The molecule has 0 fully saturated rings. The summed E-state index contributed by atoms with van der Waals surface area (Å²) >= 11 is 0. The molecule has 0 atom stereocenters. The molecule has 1 heterocycles. The minimum Gasteiger partial charge on any atom is -0.384 e. The Balaban J connectivity index is 2.72. The predicted octanol–water partition coefficient (Wildman–Crippen LogP) is 1.43. The number of nitrogen functional groups attached to an aromatic ring is 1. The van der Waals surface area contributed by atoms with Gasteiger partial charge in [-0.25, -0.2) is 0 Å². The number of nitrogens with two attached hydrogens (primary N) is 1. The Hall–Kier alpha value is -1.53. The van der Waals surface area contributed by atoms with E-state index in [1.165, 1.54) is 6.20 Å². The number of rotatable bonds is 3. The van der Waals surface area contributed by atoms with Gasteiger partial charge < -0.3 is 5.73 Å². The smallest absolute Gasteiger partial charge is 0.384 e. The maximum atomic E-state index is 11.9. The lowest BCUT2D eigenvalue weighted by atomic mass is 10.2. The fourth-order valence-corrected chi connectivity index (χ4v) is 1.14. The quantitative estimate of drug-likeness (QED) is 0.597. The summed E-state index contributed by atoms with van der Waals surface area (Å²) in [5.41, 5.74) is 6.05. The molecule has 0 amide bonds. The molecule has 0 unspecified atom stereocenters. The van der Waals surface area contributed by atoms with E-state index in [9.17, 15) is 13.2 Å². The first-order chi connectivity index (χ1) is 6.79. The molecule has 0 spiro atoms. The van der Waals surface area contributed by atoms with Crippen molar-refractivity contribution in [3.63, 3.8) is 0 Å². The molecular weight excluding hydrogens is 209 g/mol. The normalized spacial score (nSPS) is 11.7. The number of nitrogens with zero attached hydrogens (tertiary/aromatic N) is 2. The Bertz CT molecular complexity index is 366. The van der Waals surface area contributed by atoms with Crippen LogP contribution in [0, 0.1) is 12.3 Å². The number of aryl methyl sites for hydroxylation is 2. The van der Waals surface area contributed by atoms with Gasteiger partial charge in [-0.3, -0.25) is 10.1 Å². The highest BCUT2D eigenvalue weighted by Crippen LogP contribution is 2.20. The van der Waals surface area contributed by atoms with Gasteiger partial charge in [-0.05, 0) is 6.92 Å². The van der Waals surface area contributed by atoms with Gasteiger partial charge in [0.2, 0.25) is 0 Å². The zero-order chi connectivity index (χ0) is 11.6. The van der Waals surface area contributed by atoms with Crippen LogP contribution in [0.1, 0.15) is 17.7 Å². The van der Waals surface area contributed by atoms with E-state index in [2.05, 4.69) is 5.10 Å². The molecule has 0 aliphatic heterocycles. The maximum absolute atomic E-state index is 11.9. The summed E-state index contributed by atoms with van der Waals surface area (Å²) in [4.78, 5) is 0. The average Bonchev–Trinajstić information content (AvgIpc) is 2.42. The number of hydrogen-bond acceptors (Lipinski definition) is 2. The minimum absolute atomic E-state index is 0.189. The molecule has 0 saturated heterocycles. The lowest BCUT2D eigenvalue weighted by molar-refractivity contribution is -0.137. The van der Waals surface area contributed by atoms with Crippen LogP contribution in [0.15, 0.2) is 6.20 Å². The van der Waals surface area contributed by atoms with E-state index in [1.807, 2.05) is 0 Å². The van der Waals surface area contributed by atoms with Gasteiger partial charge >= 0.3 is 6.18 Å². The van der Waals surface area contributed by atoms with E-state index in [0.717, 1.165) is 4.68 Å². The molecule has 0 saturated carbocycles. The van der Waals surface area contributed by atoms with Crippen LogP contribution in [0.4, 0.5) is 13.2 Å². The molecule has 15 heavy (non-hydrogen) atoms. The van der Waals surface area contributed by atoms with Gasteiger partial charge in [0.1, 0.15) is 5.84 Å². The highest BCUT2D eigenvalue weighted by molar-refractivity contribution is 5.95. The Morgan fingerprint density at radius 1 is 1.60 bits per heavy atom. The third-order valence-corrected chi connectivity index (χ3v) is 1.86.